The van der Waals surface area contributed by atoms with E-state index in [9.17, 15) is 26.0 Å². The Hall–Kier alpha value is -2.26. The van der Waals surface area contributed by atoms with Gasteiger partial charge >= 0.3 is 0 Å². The van der Waals surface area contributed by atoms with Gasteiger partial charge in [-0.25, -0.2) is 21.2 Å². The lowest BCUT2D eigenvalue weighted by Gasteiger charge is -2.12. The van der Waals surface area contributed by atoms with Crippen LogP contribution in [0.15, 0.2) is 53.4 Å². The molecule has 1 amide bonds. The molecule has 2 aromatic rings. The molecule has 0 aromatic heterocycles. The maximum Gasteiger partial charge on any atom is 0.258 e. The first kappa shape index (κ1) is 18.5. The maximum atomic E-state index is 14.1. The van der Waals surface area contributed by atoms with Crippen molar-refractivity contribution in [2.75, 3.05) is 16.8 Å². The molecule has 0 spiro atoms. The maximum absolute atomic E-state index is 14.1. The monoisotopic (exact) mass is 397 g/mol. The molecule has 1 atom stereocenters. The van der Waals surface area contributed by atoms with E-state index >= 15 is 0 Å². The summed E-state index contributed by atoms with van der Waals surface area (Å²) in [6.07, 6.45) is -0.00636. The number of carbonyl (C=O) groups excluding carboxylic acids is 1. The van der Waals surface area contributed by atoms with Crippen molar-refractivity contribution in [1.29, 1.82) is 0 Å². The van der Waals surface area contributed by atoms with Crippen molar-refractivity contribution in [2.45, 2.75) is 16.6 Å². The van der Waals surface area contributed by atoms with Crippen LogP contribution in [0.4, 0.5) is 10.1 Å². The first-order chi connectivity index (χ1) is 12.2. The number of anilines is 1. The van der Waals surface area contributed by atoms with Crippen molar-refractivity contribution in [2.24, 2.45) is 0 Å². The van der Waals surface area contributed by atoms with E-state index in [1.165, 1.54) is 0 Å². The van der Waals surface area contributed by atoms with Crippen LogP contribution in [0.2, 0.25) is 0 Å². The Labute approximate surface area is 150 Å². The molecular formula is C17H16FNO5S2. The zero-order chi connectivity index (χ0) is 18.9. The molecule has 1 aliphatic heterocycles. The molecule has 0 radical (unpaired) electrons. The molecule has 0 aliphatic carbocycles. The summed E-state index contributed by atoms with van der Waals surface area (Å²) < 4.78 is 62.5. The number of hydrogen-bond acceptors (Lipinski definition) is 5. The van der Waals surface area contributed by atoms with E-state index in [1.807, 2.05) is 0 Å². The van der Waals surface area contributed by atoms with Crippen molar-refractivity contribution >= 4 is 31.3 Å². The van der Waals surface area contributed by atoms with Crippen LogP contribution in [0.3, 0.4) is 0 Å². The van der Waals surface area contributed by atoms with Crippen molar-refractivity contribution < 1.29 is 26.0 Å². The fourth-order valence-electron chi connectivity index (χ4n) is 2.77. The van der Waals surface area contributed by atoms with E-state index in [0.717, 1.165) is 18.2 Å². The van der Waals surface area contributed by atoms with E-state index in [1.54, 1.807) is 30.3 Å². The SMILES string of the molecule is O=C(Nc1ccccc1)c1cc(S(=O)(=O)[C@H]2CCS(=O)(=O)C2)ccc1F. The number of carbonyl (C=O) groups is 1. The van der Waals surface area contributed by atoms with Crippen molar-refractivity contribution in [3.05, 3.63) is 59.9 Å². The highest BCUT2D eigenvalue weighted by atomic mass is 32.2. The molecule has 1 saturated heterocycles. The first-order valence-corrected chi connectivity index (χ1v) is 11.2. The summed E-state index contributed by atoms with van der Waals surface area (Å²) in [4.78, 5) is 12.0. The fraction of sp³-hybridized carbons (Fsp3) is 0.235. The number of amides is 1. The number of halogens is 1. The second kappa shape index (κ2) is 6.81. The van der Waals surface area contributed by atoms with E-state index in [4.69, 9.17) is 0 Å². The van der Waals surface area contributed by atoms with Gasteiger partial charge in [0.05, 0.1) is 27.2 Å². The summed E-state index contributed by atoms with van der Waals surface area (Å²) in [6.45, 7) is 0. The Morgan fingerprint density at radius 3 is 2.42 bits per heavy atom. The molecule has 26 heavy (non-hydrogen) atoms. The van der Waals surface area contributed by atoms with Crippen LogP contribution in [0.1, 0.15) is 16.8 Å². The Morgan fingerprint density at radius 1 is 1.12 bits per heavy atom. The normalized spacial score (nSPS) is 19.2. The predicted octanol–water partition coefficient (Wildman–Crippen LogP) is 2.04. The van der Waals surface area contributed by atoms with Crippen LogP contribution < -0.4 is 5.32 Å². The standard InChI is InChI=1S/C17H16FNO5S2/c18-16-7-6-13(26(23,24)14-8-9-25(21,22)11-14)10-15(16)17(20)19-12-4-2-1-3-5-12/h1-7,10,14H,8-9,11H2,(H,19,20)/t14-/m0/s1. The van der Waals surface area contributed by atoms with Crippen molar-refractivity contribution in [1.82, 2.24) is 0 Å². The van der Waals surface area contributed by atoms with Gasteiger partial charge in [0.1, 0.15) is 5.82 Å². The third-order valence-electron chi connectivity index (χ3n) is 4.17. The van der Waals surface area contributed by atoms with Crippen molar-refractivity contribution in [3.8, 4) is 0 Å². The Bertz CT molecular complexity index is 1050. The van der Waals surface area contributed by atoms with Gasteiger partial charge in [-0.05, 0) is 36.8 Å². The van der Waals surface area contributed by atoms with Gasteiger partial charge < -0.3 is 5.32 Å². The quantitative estimate of drug-likeness (QED) is 0.797. The molecule has 0 saturated carbocycles. The summed E-state index contributed by atoms with van der Waals surface area (Å²) >= 11 is 0. The minimum atomic E-state index is -3.98. The number of benzene rings is 2. The van der Waals surface area contributed by atoms with Crippen LogP contribution in [-0.4, -0.2) is 39.5 Å². The molecule has 1 heterocycles. The highest BCUT2D eigenvalue weighted by molar-refractivity contribution is 7.96. The van der Waals surface area contributed by atoms with Gasteiger partial charge in [-0.2, -0.15) is 0 Å². The lowest BCUT2D eigenvalue weighted by Crippen LogP contribution is -2.23. The Kier molecular flexibility index (Phi) is 4.85. The zero-order valence-corrected chi connectivity index (χ0v) is 15.2. The van der Waals surface area contributed by atoms with Gasteiger partial charge in [0.25, 0.3) is 5.91 Å². The summed E-state index contributed by atoms with van der Waals surface area (Å²) in [5.74, 6) is -2.31. The van der Waals surface area contributed by atoms with E-state index in [-0.39, 0.29) is 17.1 Å². The molecule has 6 nitrogen and oxygen atoms in total. The zero-order valence-electron chi connectivity index (χ0n) is 13.6. The van der Waals surface area contributed by atoms with Crippen molar-refractivity contribution in [3.63, 3.8) is 0 Å². The highest BCUT2D eigenvalue weighted by Gasteiger charge is 2.38. The Morgan fingerprint density at radius 2 is 1.81 bits per heavy atom. The minimum Gasteiger partial charge on any atom is -0.322 e. The topological polar surface area (TPSA) is 97.4 Å². The second-order valence-electron chi connectivity index (χ2n) is 6.03. The van der Waals surface area contributed by atoms with E-state index in [2.05, 4.69) is 5.32 Å². The molecule has 0 bridgehead atoms. The highest BCUT2D eigenvalue weighted by Crippen LogP contribution is 2.27. The molecule has 1 fully saturated rings. The third-order valence-corrected chi connectivity index (χ3v) is 8.34. The number of rotatable bonds is 4. The molecule has 138 valence electrons. The molecule has 1 aliphatic rings. The van der Waals surface area contributed by atoms with Crippen LogP contribution >= 0.6 is 0 Å². The average Bonchev–Trinajstić information content (AvgIpc) is 2.96. The van der Waals surface area contributed by atoms with Gasteiger partial charge in [-0.3, -0.25) is 4.79 Å². The second-order valence-corrected chi connectivity index (χ2v) is 10.5. The molecular weight excluding hydrogens is 381 g/mol. The number of hydrogen-bond donors (Lipinski definition) is 1. The summed E-state index contributed by atoms with van der Waals surface area (Å²) in [7, 11) is -7.38. The lowest BCUT2D eigenvalue weighted by molar-refractivity contribution is 0.102. The van der Waals surface area contributed by atoms with Crippen LogP contribution in [0.5, 0.6) is 0 Å². The predicted molar refractivity (Wildman–Crippen MR) is 95.0 cm³/mol. The Balaban J connectivity index is 1.91. The van der Waals surface area contributed by atoms with Crippen LogP contribution in [0.25, 0.3) is 0 Å². The third kappa shape index (κ3) is 3.78. The van der Waals surface area contributed by atoms with Gasteiger partial charge in [0.2, 0.25) is 0 Å². The van der Waals surface area contributed by atoms with Gasteiger partial charge in [-0.15, -0.1) is 0 Å². The summed E-state index contributed by atoms with van der Waals surface area (Å²) in [6, 6.07) is 11.2. The van der Waals surface area contributed by atoms with E-state index < -0.39 is 48.0 Å². The van der Waals surface area contributed by atoms with Crippen LogP contribution in [-0.2, 0) is 19.7 Å². The minimum absolute atomic E-state index is 0.00636. The number of sulfone groups is 2. The lowest BCUT2D eigenvalue weighted by atomic mass is 10.2. The largest absolute Gasteiger partial charge is 0.322 e. The first-order valence-electron chi connectivity index (χ1n) is 7.79. The molecule has 1 N–H and O–H groups in total. The molecule has 9 heteroatoms. The average molecular weight is 397 g/mol. The number of nitrogens with one attached hydrogen (secondary N) is 1. The van der Waals surface area contributed by atoms with E-state index in [0.29, 0.717) is 5.69 Å². The van der Waals surface area contributed by atoms with Gasteiger partial charge in [0, 0.05) is 5.69 Å². The molecule has 2 aromatic carbocycles. The van der Waals surface area contributed by atoms with Crippen LogP contribution in [0, 0.1) is 5.82 Å². The van der Waals surface area contributed by atoms with Gasteiger partial charge in [-0.1, -0.05) is 18.2 Å². The smallest absolute Gasteiger partial charge is 0.258 e. The summed E-state index contributed by atoms with van der Waals surface area (Å²) in [5.41, 5.74) is 0.0165. The number of para-hydroxylation sites is 1. The molecule has 3 rings (SSSR count). The summed E-state index contributed by atoms with van der Waals surface area (Å²) in [5, 5.41) is 1.41. The van der Waals surface area contributed by atoms with Gasteiger partial charge in [0.15, 0.2) is 19.7 Å². The fourth-order valence-corrected chi connectivity index (χ4v) is 7.16. The molecule has 0 unspecified atom stereocenters.